The van der Waals surface area contributed by atoms with E-state index >= 15 is 0 Å². The van der Waals surface area contributed by atoms with Crippen molar-refractivity contribution < 1.29 is 28.8 Å². The van der Waals surface area contributed by atoms with Crippen LogP contribution in [0.25, 0.3) is 0 Å². The molecule has 0 bridgehead atoms. The Hall–Kier alpha value is -3.76. The van der Waals surface area contributed by atoms with Crippen molar-refractivity contribution in [1.29, 1.82) is 0 Å². The predicted molar refractivity (Wildman–Crippen MR) is 150 cm³/mol. The number of Topliss-reactive ketones (excluding diaryl/α,β-unsaturated/α-hetero) is 1. The molecule has 1 aliphatic carbocycles. The number of amides is 5. The zero-order valence-electron chi connectivity index (χ0n) is 24.0. The summed E-state index contributed by atoms with van der Waals surface area (Å²) in [4.78, 5) is 82.1. The van der Waals surface area contributed by atoms with E-state index in [9.17, 15) is 28.8 Å². The highest BCUT2D eigenvalue weighted by molar-refractivity contribution is 6.00. The summed E-state index contributed by atoms with van der Waals surface area (Å²) in [6.07, 6.45) is 3.39. The lowest BCUT2D eigenvalue weighted by Crippen LogP contribution is -2.61. The van der Waals surface area contributed by atoms with Gasteiger partial charge in [0, 0.05) is 25.3 Å². The van der Waals surface area contributed by atoms with Gasteiger partial charge in [0.05, 0.1) is 0 Å². The molecule has 11 heteroatoms. The fourth-order valence-corrected chi connectivity index (χ4v) is 5.94. The Kier molecular flexibility index (Phi) is 9.77. The second-order valence-corrected chi connectivity index (χ2v) is 11.7. The number of carbonyl (C=O) groups is 6. The molecule has 11 nitrogen and oxygen atoms in total. The first-order chi connectivity index (χ1) is 19.6. The number of nitrogens with one attached hydrogen (secondary N) is 4. The van der Waals surface area contributed by atoms with Crippen LogP contribution in [0.5, 0.6) is 0 Å². The average molecular weight is 568 g/mol. The van der Waals surface area contributed by atoms with Crippen LogP contribution in [-0.4, -0.2) is 77.0 Å². The maximum Gasteiger partial charge on any atom is 0.246 e. The maximum atomic E-state index is 14.0. The van der Waals surface area contributed by atoms with Crippen LogP contribution in [0.2, 0.25) is 0 Å². The molecular formula is C30H41N5O6. The molecule has 0 aromatic heterocycles. The molecular weight excluding hydrogens is 526 g/mol. The second-order valence-electron chi connectivity index (χ2n) is 11.7. The number of fused-ring (bicyclic) bond motifs is 1. The first kappa shape index (κ1) is 30.2. The van der Waals surface area contributed by atoms with Gasteiger partial charge >= 0.3 is 0 Å². The van der Waals surface area contributed by atoms with E-state index in [1.165, 1.54) is 11.8 Å². The Morgan fingerprint density at radius 2 is 1.54 bits per heavy atom. The summed E-state index contributed by atoms with van der Waals surface area (Å²) in [5.74, 6) is -3.84. The van der Waals surface area contributed by atoms with Crippen molar-refractivity contribution in [3.05, 3.63) is 35.9 Å². The van der Waals surface area contributed by atoms with Gasteiger partial charge in [-0.25, -0.2) is 0 Å². The molecule has 1 aromatic rings. The molecule has 6 atom stereocenters. The lowest BCUT2D eigenvalue weighted by atomic mass is 9.81. The monoisotopic (exact) mass is 567 g/mol. The van der Waals surface area contributed by atoms with Crippen molar-refractivity contribution in [2.75, 3.05) is 6.54 Å². The fraction of sp³-hybridized carbons (Fsp3) is 0.600. The standard InChI is InChI=1S/C30H41N5O6/c1-17(2)24-29(40)34-25(20-12-7-8-14-23(20)36)30(41)35-15-9-13-22(35)28(39)32-21(16-19-10-5-4-6-11-19)27(38)31-18(3)26(37)33-24/h4-6,10-11,17-18,20-22,24-25H,7-9,12-16H2,1-3H3,(H,31,38)(H,32,39)(H,33,37)(H,34,40)/t18-,20?,21+,22+,24+,25-/m1/s1. The van der Waals surface area contributed by atoms with Crippen LogP contribution in [0.3, 0.4) is 0 Å². The van der Waals surface area contributed by atoms with Crippen LogP contribution >= 0.6 is 0 Å². The smallest absolute Gasteiger partial charge is 0.246 e. The summed E-state index contributed by atoms with van der Waals surface area (Å²) in [6, 6.07) is 4.18. The molecule has 0 spiro atoms. The van der Waals surface area contributed by atoms with Crippen LogP contribution in [0, 0.1) is 11.8 Å². The lowest BCUT2D eigenvalue weighted by Gasteiger charge is -2.35. The van der Waals surface area contributed by atoms with E-state index in [0.29, 0.717) is 32.2 Å². The Balaban J connectivity index is 1.71. The molecule has 2 aliphatic heterocycles. The Bertz CT molecular complexity index is 1170. The molecule has 1 unspecified atom stereocenters. The van der Waals surface area contributed by atoms with Gasteiger partial charge in [0.1, 0.15) is 36.0 Å². The lowest BCUT2D eigenvalue weighted by molar-refractivity contribution is -0.146. The molecule has 41 heavy (non-hydrogen) atoms. The van der Waals surface area contributed by atoms with Crippen LogP contribution in [-0.2, 0) is 35.2 Å². The largest absolute Gasteiger partial charge is 0.343 e. The number of ketones is 1. The van der Waals surface area contributed by atoms with Gasteiger partial charge in [-0.3, -0.25) is 28.8 Å². The Morgan fingerprint density at radius 3 is 2.22 bits per heavy atom. The summed E-state index contributed by atoms with van der Waals surface area (Å²) in [7, 11) is 0. The zero-order valence-corrected chi connectivity index (χ0v) is 24.0. The van der Waals surface area contributed by atoms with Gasteiger partial charge in [-0.05, 0) is 44.1 Å². The minimum atomic E-state index is -1.15. The van der Waals surface area contributed by atoms with Gasteiger partial charge in [0.2, 0.25) is 29.5 Å². The molecule has 3 fully saturated rings. The minimum absolute atomic E-state index is 0.0931. The van der Waals surface area contributed by atoms with Crippen molar-refractivity contribution in [3.8, 4) is 0 Å². The highest BCUT2D eigenvalue weighted by atomic mass is 16.2. The molecule has 4 N–H and O–H groups in total. The van der Waals surface area contributed by atoms with Crippen molar-refractivity contribution in [2.24, 2.45) is 11.8 Å². The van der Waals surface area contributed by atoms with Crippen LogP contribution in [0.1, 0.15) is 64.9 Å². The Morgan fingerprint density at radius 1 is 0.805 bits per heavy atom. The number of benzene rings is 1. The quantitative estimate of drug-likeness (QED) is 0.418. The number of carbonyl (C=O) groups excluding carboxylic acids is 6. The maximum absolute atomic E-state index is 14.0. The first-order valence-corrected chi connectivity index (χ1v) is 14.7. The average Bonchev–Trinajstić information content (AvgIpc) is 3.44. The van der Waals surface area contributed by atoms with Crippen molar-refractivity contribution in [1.82, 2.24) is 26.2 Å². The third-order valence-corrected chi connectivity index (χ3v) is 8.32. The van der Waals surface area contributed by atoms with E-state index < -0.39 is 65.7 Å². The van der Waals surface area contributed by atoms with E-state index in [2.05, 4.69) is 21.3 Å². The van der Waals surface area contributed by atoms with E-state index in [1.54, 1.807) is 13.8 Å². The van der Waals surface area contributed by atoms with Crippen LogP contribution < -0.4 is 21.3 Å². The first-order valence-electron chi connectivity index (χ1n) is 14.7. The fourth-order valence-electron chi connectivity index (χ4n) is 5.94. The second kappa shape index (κ2) is 13.3. The van der Waals surface area contributed by atoms with Crippen LogP contribution in [0.4, 0.5) is 0 Å². The van der Waals surface area contributed by atoms with E-state index in [0.717, 1.165) is 18.4 Å². The normalized spacial score (nSPS) is 30.5. The SMILES string of the molecule is CC(C)[C@@H]1NC(=O)[C@@H](C)NC(=O)[C@H](Cc2ccccc2)NC(=O)[C@@H]2CCCN2C(=O)[C@@H](C2CCCCC2=O)NC1=O. The molecule has 2 saturated heterocycles. The molecule has 1 aromatic carbocycles. The number of nitrogens with zero attached hydrogens (tertiary/aromatic N) is 1. The van der Waals surface area contributed by atoms with Gasteiger partial charge in [0.15, 0.2) is 0 Å². The summed E-state index contributed by atoms with van der Waals surface area (Å²) in [5.41, 5.74) is 0.813. The highest BCUT2D eigenvalue weighted by Crippen LogP contribution is 2.28. The summed E-state index contributed by atoms with van der Waals surface area (Å²) < 4.78 is 0. The zero-order chi connectivity index (χ0) is 29.7. The van der Waals surface area contributed by atoms with Gasteiger partial charge in [-0.1, -0.05) is 50.6 Å². The van der Waals surface area contributed by atoms with Gasteiger partial charge in [0.25, 0.3) is 0 Å². The van der Waals surface area contributed by atoms with Crippen molar-refractivity contribution in [3.63, 3.8) is 0 Å². The topological polar surface area (TPSA) is 154 Å². The molecule has 5 amide bonds. The number of rotatable bonds is 4. The van der Waals surface area contributed by atoms with Crippen molar-refractivity contribution >= 4 is 35.3 Å². The van der Waals surface area contributed by atoms with E-state index in [1.807, 2.05) is 30.3 Å². The number of hydrogen-bond donors (Lipinski definition) is 4. The molecule has 0 radical (unpaired) electrons. The van der Waals surface area contributed by atoms with E-state index in [-0.39, 0.29) is 18.1 Å². The van der Waals surface area contributed by atoms with Crippen LogP contribution in [0.15, 0.2) is 30.3 Å². The summed E-state index contributed by atoms with van der Waals surface area (Å²) in [5, 5.41) is 11.0. The number of hydrogen-bond acceptors (Lipinski definition) is 6. The van der Waals surface area contributed by atoms with Gasteiger partial charge < -0.3 is 26.2 Å². The van der Waals surface area contributed by atoms with E-state index in [4.69, 9.17) is 0 Å². The van der Waals surface area contributed by atoms with Crippen molar-refractivity contribution in [2.45, 2.75) is 95.9 Å². The molecule has 2 heterocycles. The molecule has 4 rings (SSSR count). The molecule has 1 saturated carbocycles. The summed E-state index contributed by atoms with van der Waals surface area (Å²) in [6.45, 7) is 5.33. The third-order valence-electron chi connectivity index (χ3n) is 8.32. The van der Waals surface area contributed by atoms with Gasteiger partial charge in [-0.15, -0.1) is 0 Å². The Labute approximate surface area is 240 Å². The molecule has 222 valence electrons. The van der Waals surface area contributed by atoms with Gasteiger partial charge in [-0.2, -0.15) is 0 Å². The molecule has 3 aliphatic rings. The third kappa shape index (κ3) is 7.12. The minimum Gasteiger partial charge on any atom is -0.343 e. The predicted octanol–water partition coefficient (Wildman–Crippen LogP) is 0.608. The highest BCUT2D eigenvalue weighted by Gasteiger charge is 2.44. The summed E-state index contributed by atoms with van der Waals surface area (Å²) >= 11 is 0.